The number of urea groups is 1. The molecule has 2 aromatic rings. The largest absolute Gasteiger partial charge is 0.361 e. The lowest BCUT2D eigenvalue weighted by atomic mass is 10.0. The van der Waals surface area contributed by atoms with Gasteiger partial charge in [-0.1, -0.05) is 32.0 Å². The number of benzene rings is 1. The van der Waals surface area contributed by atoms with Crippen LogP contribution in [0.3, 0.4) is 0 Å². The number of para-hydroxylation sites is 1. The molecule has 7 nitrogen and oxygen atoms in total. The van der Waals surface area contributed by atoms with Crippen molar-refractivity contribution in [1.82, 2.24) is 20.5 Å². The highest BCUT2D eigenvalue weighted by Gasteiger charge is 2.39. The second kappa shape index (κ2) is 8.46. The fraction of sp³-hybridized carbons (Fsp3) is 0.476. The second-order valence-corrected chi connectivity index (χ2v) is 7.93. The Labute approximate surface area is 164 Å². The molecule has 0 bridgehead atoms. The molecular formula is C21H28N4O3. The van der Waals surface area contributed by atoms with E-state index in [4.69, 9.17) is 0 Å². The molecule has 2 atom stereocenters. The predicted octanol–water partition coefficient (Wildman–Crippen LogP) is 2.57. The van der Waals surface area contributed by atoms with E-state index < -0.39 is 12.1 Å². The van der Waals surface area contributed by atoms with Crippen molar-refractivity contribution in [3.8, 4) is 0 Å². The maximum atomic E-state index is 12.7. The van der Waals surface area contributed by atoms with Crippen molar-refractivity contribution in [3.63, 3.8) is 0 Å². The summed E-state index contributed by atoms with van der Waals surface area (Å²) in [6.45, 7) is 5.96. The summed E-state index contributed by atoms with van der Waals surface area (Å²) < 4.78 is 0. The van der Waals surface area contributed by atoms with Crippen LogP contribution in [0.1, 0.15) is 39.2 Å². The highest BCUT2D eigenvalue weighted by atomic mass is 16.2. The van der Waals surface area contributed by atoms with Crippen molar-refractivity contribution in [1.29, 1.82) is 0 Å². The molecule has 0 radical (unpaired) electrons. The molecule has 4 amide bonds. The molecule has 28 heavy (non-hydrogen) atoms. The van der Waals surface area contributed by atoms with E-state index in [9.17, 15) is 14.4 Å². The molecule has 1 aliphatic heterocycles. The van der Waals surface area contributed by atoms with Gasteiger partial charge in [0.2, 0.25) is 5.91 Å². The number of carbonyl (C=O) groups is 3. The zero-order valence-electron chi connectivity index (χ0n) is 16.6. The highest BCUT2D eigenvalue weighted by Crippen LogP contribution is 2.21. The van der Waals surface area contributed by atoms with Gasteiger partial charge in [-0.2, -0.15) is 0 Å². The molecule has 0 unspecified atom stereocenters. The number of aromatic amines is 1. The molecule has 1 saturated heterocycles. The van der Waals surface area contributed by atoms with E-state index in [0.29, 0.717) is 12.3 Å². The van der Waals surface area contributed by atoms with Gasteiger partial charge < -0.3 is 15.6 Å². The molecule has 3 N–H and O–H groups in total. The number of hydrogen-bond donors (Lipinski definition) is 3. The molecule has 7 heteroatoms. The van der Waals surface area contributed by atoms with E-state index in [0.717, 1.165) is 34.2 Å². The van der Waals surface area contributed by atoms with Gasteiger partial charge in [-0.05, 0) is 37.3 Å². The van der Waals surface area contributed by atoms with Crippen LogP contribution in [0.2, 0.25) is 0 Å². The lowest BCUT2D eigenvalue weighted by Crippen LogP contribution is -2.44. The van der Waals surface area contributed by atoms with Crippen LogP contribution in [-0.2, 0) is 16.0 Å². The third-order valence-electron chi connectivity index (χ3n) is 5.09. The van der Waals surface area contributed by atoms with E-state index in [2.05, 4.69) is 29.5 Å². The van der Waals surface area contributed by atoms with Crippen LogP contribution in [0.5, 0.6) is 0 Å². The van der Waals surface area contributed by atoms with Crippen molar-refractivity contribution in [2.45, 2.75) is 52.1 Å². The average Bonchev–Trinajstić information content (AvgIpc) is 3.17. The second-order valence-electron chi connectivity index (χ2n) is 7.93. The number of amides is 4. The van der Waals surface area contributed by atoms with Gasteiger partial charge in [-0.25, -0.2) is 4.79 Å². The van der Waals surface area contributed by atoms with Crippen LogP contribution < -0.4 is 10.6 Å². The first kappa shape index (κ1) is 19.9. The third kappa shape index (κ3) is 4.52. The number of carbonyl (C=O) groups excluding carboxylic acids is 3. The Morgan fingerprint density at radius 2 is 1.93 bits per heavy atom. The van der Waals surface area contributed by atoms with Crippen LogP contribution in [0.15, 0.2) is 30.5 Å². The summed E-state index contributed by atoms with van der Waals surface area (Å²) in [4.78, 5) is 41.3. The number of fused-ring (bicyclic) bond motifs is 1. The van der Waals surface area contributed by atoms with Gasteiger partial charge in [0, 0.05) is 29.6 Å². The van der Waals surface area contributed by atoms with Crippen LogP contribution in [-0.4, -0.2) is 46.4 Å². The third-order valence-corrected chi connectivity index (χ3v) is 5.09. The summed E-state index contributed by atoms with van der Waals surface area (Å²) in [5.41, 5.74) is 1.95. The van der Waals surface area contributed by atoms with Crippen molar-refractivity contribution in [2.75, 3.05) is 6.54 Å². The van der Waals surface area contributed by atoms with Crippen LogP contribution in [0.4, 0.5) is 4.79 Å². The first-order chi connectivity index (χ1) is 13.3. The normalized spacial score (nSPS) is 18.0. The van der Waals surface area contributed by atoms with Crippen molar-refractivity contribution < 1.29 is 14.4 Å². The minimum Gasteiger partial charge on any atom is -0.361 e. The summed E-state index contributed by atoms with van der Waals surface area (Å²) in [6, 6.07) is 6.66. The standard InChI is InChI=1S/C21H28N4O3/c1-13(2)8-9-14(3)23-19(26)12-25-20(27)18(24-21(25)28)10-15-11-22-17-7-5-4-6-16(15)17/h4-7,11,13-14,18,22H,8-10,12H2,1-3H3,(H,23,26)(H,24,28)/t14-,18+/m0/s1. The molecule has 3 rings (SSSR count). The van der Waals surface area contributed by atoms with Crippen LogP contribution in [0.25, 0.3) is 10.9 Å². The minimum atomic E-state index is -0.655. The quantitative estimate of drug-likeness (QED) is 0.611. The number of hydrogen-bond acceptors (Lipinski definition) is 3. The average molecular weight is 384 g/mol. The Bertz CT molecular complexity index is 873. The molecule has 1 aromatic carbocycles. The van der Waals surface area contributed by atoms with Gasteiger partial charge in [0.25, 0.3) is 5.91 Å². The van der Waals surface area contributed by atoms with E-state index in [1.54, 1.807) is 0 Å². The van der Waals surface area contributed by atoms with E-state index >= 15 is 0 Å². The number of aromatic nitrogens is 1. The Balaban J connectivity index is 1.58. The number of nitrogens with zero attached hydrogens (tertiary/aromatic N) is 1. The Kier molecular flexibility index (Phi) is 6.02. The van der Waals surface area contributed by atoms with Gasteiger partial charge in [-0.3, -0.25) is 14.5 Å². The van der Waals surface area contributed by atoms with Gasteiger partial charge >= 0.3 is 6.03 Å². The highest BCUT2D eigenvalue weighted by molar-refractivity contribution is 6.06. The SMILES string of the molecule is CC(C)CC[C@H](C)NC(=O)CN1C(=O)N[C@H](Cc2c[nH]c3ccccc23)C1=O. The van der Waals surface area contributed by atoms with Crippen LogP contribution >= 0.6 is 0 Å². The number of imide groups is 1. The van der Waals surface area contributed by atoms with Crippen LogP contribution in [0, 0.1) is 5.92 Å². The lowest BCUT2D eigenvalue weighted by Gasteiger charge is -2.17. The van der Waals surface area contributed by atoms with Crippen molar-refractivity contribution in [3.05, 3.63) is 36.0 Å². The van der Waals surface area contributed by atoms with Crippen molar-refractivity contribution in [2.24, 2.45) is 5.92 Å². The number of rotatable bonds is 8. The molecule has 150 valence electrons. The topological polar surface area (TPSA) is 94.3 Å². The number of nitrogens with one attached hydrogen (secondary N) is 3. The first-order valence-corrected chi connectivity index (χ1v) is 9.81. The zero-order valence-corrected chi connectivity index (χ0v) is 16.6. The van der Waals surface area contributed by atoms with E-state index in [1.807, 2.05) is 37.4 Å². The molecule has 2 heterocycles. The summed E-state index contributed by atoms with van der Waals surface area (Å²) >= 11 is 0. The Morgan fingerprint density at radius 1 is 1.18 bits per heavy atom. The van der Waals surface area contributed by atoms with E-state index in [-0.39, 0.29) is 24.4 Å². The molecule has 0 spiro atoms. The molecule has 0 aliphatic carbocycles. The van der Waals surface area contributed by atoms with Gasteiger partial charge in [0.1, 0.15) is 12.6 Å². The molecule has 1 aliphatic rings. The lowest BCUT2D eigenvalue weighted by molar-refractivity contribution is -0.132. The predicted molar refractivity (Wildman–Crippen MR) is 108 cm³/mol. The van der Waals surface area contributed by atoms with Gasteiger partial charge in [-0.15, -0.1) is 0 Å². The first-order valence-electron chi connectivity index (χ1n) is 9.81. The van der Waals surface area contributed by atoms with Crippen molar-refractivity contribution >= 4 is 28.7 Å². The van der Waals surface area contributed by atoms with Gasteiger partial charge in [0.15, 0.2) is 0 Å². The summed E-state index contributed by atoms with van der Waals surface area (Å²) in [5, 5.41) is 6.60. The van der Waals surface area contributed by atoms with Gasteiger partial charge in [0.05, 0.1) is 0 Å². The molecule has 1 aromatic heterocycles. The minimum absolute atomic E-state index is 0.0117. The fourth-order valence-electron chi connectivity index (χ4n) is 3.50. The Morgan fingerprint density at radius 3 is 2.68 bits per heavy atom. The maximum Gasteiger partial charge on any atom is 0.325 e. The number of H-pyrrole nitrogens is 1. The zero-order chi connectivity index (χ0) is 20.3. The molecule has 1 fully saturated rings. The smallest absolute Gasteiger partial charge is 0.325 e. The summed E-state index contributed by atoms with van der Waals surface area (Å²) in [7, 11) is 0. The molecular weight excluding hydrogens is 356 g/mol. The summed E-state index contributed by atoms with van der Waals surface area (Å²) in [5.74, 6) is -0.108. The molecule has 0 saturated carbocycles. The Hall–Kier alpha value is -2.83. The monoisotopic (exact) mass is 384 g/mol. The van der Waals surface area contributed by atoms with E-state index in [1.165, 1.54) is 0 Å². The fourth-order valence-corrected chi connectivity index (χ4v) is 3.50. The summed E-state index contributed by atoms with van der Waals surface area (Å²) in [6.07, 6.45) is 4.12. The maximum absolute atomic E-state index is 12.7.